The van der Waals surface area contributed by atoms with Gasteiger partial charge in [-0.25, -0.2) is 0 Å². The Bertz CT molecular complexity index is 748. The number of quaternary nitrogens is 1. The number of hydrogen-bond acceptors (Lipinski definition) is 1. The molecule has 3 nitrogen and oxygen atoms in total. The van der Waals surface area contributed by atoms with Crippen LogP contribution in [0.2, 0.25) is 10.0 Å². The van der Waals surface area contributed by atoms with Gasteiger partial charge in [0.05, 0.1) is 22.6 Å². The van der Waals surface area contributed by atoms with E-state index >= 15 is 0 Å². The maximum atomic E-state index is 12.4. The van der Waals surface area contributed by atoms with Crippen LogP contribution in [0.4, 0.5) is 0 Å². The molecule has 2 atom stereocenters. The number of rotatable bonds is 4. The Labute approximate surface area is 152 Å². The molecule has 0 radical (unpaired) electrons. The molecule has 2 aromatic rings. The van der Waals surface area contributed by atoms with Crippen LogP contribution >= 0.6 is 23.2 Å². The molecule has 126 valence electrons. The maximum Gasteiger partial charge on any atom is 0.275 e. The molecule has 1 unspecified atom stereocenters. The van der Waals surface area contributed by atoms with Gasteiger partial charge < -0.3 is 10.2 Å². The molecule has 0 fully saturated rings. The Morgan fingerprint density at radius 3 is 2.67 bits per heavy atom. The summed E-state index contributed by atoms with van der Waals surface area (Å²) < 4.78 is 0. The van der Waals surface area contributed by atoms with Crippen LogP contribution in [0.3, 0.4) is 0 Å². The summed E-state index contributed by atoms with van der Waals surface area (Å²) in [4.78, 5) is 13.7. The molecular formula is C19H21Cl2N2O+. The molecule has 1 aliphatic rings. The molecule has 3 rings (SSSR count). The Morgan fingerprint density at radius 2 is 1.92 bits per heavy atom. The van der Waals surface area contributed by atoms with Gasteiger partial charge in [0.15, 0.2) is 6.54 Å². The number of fused-ring (bicyclic) bond motifs is 1. The van der Waals surface area contributed by atoms with E-state index in [1.165, 1.54) is 16.0 Å². The van der Waals surface area contributed by atoms with E-state index in [-0.39, 0.29) is 11.9 Å². The number of hydrogen-bond donors (Lipinski definition) is 2. The van der Waals surface area contributed by atoms with Gasteiger partial charge in [-0.05, 0) is 30.2 Å². The largest absolute Gasteiger partial charge is 0.345 e. The van der Waals surface area contributed by atoms with Crippen molar-refractivity contribution >= 4 is 29.1 Å². The molecule has 0 bridgehead atoms. The Balaban J connectivity index is 1.57. The summed E-state index contributed by atoms with van der Waals surface area (Å²) in [7, 11) is 0. The van der Waals surface area contributed by atoms with Crippen molar-refractivity contribution in [2.75, 3.05) is 13.1 Å². The van der Waals surface area contributed by atoms with Crippen LogP contribution in [-0.4, -0.2) is 19.0 Å². The summed E-state index contributed by atoms with van der Waals surface area (Å²) >= 11 is 12.0. The molecule has 24 heavy (non-hydrogen) atoms. The molecule has 0 aromatic heterocycles. The fourth-order valence-corrected chi connectivity index (χ4v) is 3.49. The van der Waals surface area contributed by atoms with Gasteiger partial charge in [0.1, 0.15) is 6.54 Å². The fourth-order valence-electron chi connectivity index (χ4n) is 3.18. The van der Waals surface area contributed by atoms with Crippen LogP contribution in [0, 0.1) is 0 Å². The second-order valence-corrected chi connectivity index (χ2v) is 7.15. The maximum absolute atomic E-state index is 12.4. The van der Waals surface area contributed by atoms with E-state index in [9.17, 15) is 4.79 Å². The van der Waals surface area contributed by atoms with E-state index in [1.807, 2.05) is 13.0 Å². The van der Waals surface area contributed by atoms with E-state index in [4.69, 9.17) is 23.2 Å². The minimum absolute atomic E-state index is 0.0583. The standard InChI is InChI=1S/C19H20Cl2N2O/c1-13(15-6-7-17(20)18(21)10-15)22-19(24)12-23-9-8-14-4-2-3-5-16(14)11-23/h2-7,10,13H,8-9,11-12H2,1H3,(H,22,24)/p+1/t13-/m0/s1. The Hall–Kier alpha value is -1.55. The highest BCUT2D eigenvalue weighted by Crippen LogP contribution is 2.25. The smallest absolute Gasteiger partial charge is 0.275 e. The molecule has 2 N–H and O–H groups in total. The lowest BCUT2D eigenvalue weighted by atomic mass is 10.00. The highest BCUT2D eigenvalue weighted by molar-refractivity contribution is 6.42. The molecule has 1 aliphatic heterocycles. The summed E-state index contributed by atoms with van der Waals surface area (Å²) in [6.45, 7) is 4.34. The second kappa shape index (κ2) is 7.56. The molecule has 0 saturated carbocycles. The zero-order valence-electron chi connectivity index (χ0n) is 13.6. The zero-order valence-corrected chi connectivity index (χ0v) is 15.1. The molecule has 0 spiro atoms. The highest BCUT2D eigenvalue weighted by atomic mass is 35.5. The summed E-state index contributed by atoms with van der Waals surface area (Å²) in [5.41, 5.74) is 3.71. The van der Waals surface area contributed by atoms with E-state index < -0.39 is 0 Å². The topological polar surface area (TPSA) is 33.5 Å². The minimum Gasteiger partial charge on any atom is -0.345 e. The summed E-state index contributed by atoms with van der Waals surface area (Å²) in [6, 6.07) is 13.8. The third-order valence-electron chi connectivity index (χ3n) is 4.54. The number of benzene rings is 2. The highest BCUT2D eigenvalue weighted by Gasteiger charge is 2.22. The Morgan fingerprint density at radius 1 is 1.17 bits per heavy atom. The van der Waals surface area contributed by atoms with Gasteiger partial charge in [-0.15, -0.1) is 0 Å². The fraction of sp³-hybridized carbons (Fsp3) is 0.316. The van der Waals surface area contributed by atoms with E-state index in [2.05, 4.69) is 29.6 Å². The van der Waals surface area contributed by atoms with Crippen LogP contribution in [0.5, 0.6) is 0 Å². The lowest BCUT2D eigenvalue weighted by Gasteiger charge is -2.26. The number of carbonyl (C=O) groups excluding carboxylic acids is 1. The van der Waals surface area contributed by atoms with Gasteiger partial charge >= 0.3 is 0 Å². The van der Waals surface area contributed by atoms with Crippen molar-refractivity contribution < 1.29 is 9.69 Å². The van der Waals surface area contributed by atoms with Crippen LogP contribution in [-0.2, 0) is 17.8 Å². The van der Waals surface area contributed by atoms with Gasteiger partial charge in [0.2, 0.25) is 0 Å². The Kier molecular flexibility index (Phi) is 5.44. The summed E-state index contributed by atoms with van der Waals surface area (Å²) in [5, 5.41) is 4.08. The predicted molar refractivity (Wildman–Crippen MR) is 97.6 cm³/mol. The first-order valence-corrected chi connectivity index (χ1v) is 8.93. The van der Waals surface area contributed by atoms with Crippen molar-refractivity contribution in [3.8, 4) is 0 Å². The number of amides is 1. The lowest BCUT2D eigenvalue weighted by molar-refractivity contribution is -0.908. The lowest BCUT2D eigenvalue weighted by Crippen LogP contribution is -3.12. The molecular weight excluding hydrogens is 343 g/mol. The van der Waals surface area contributed by atoms with Crippen molar-refractivity contribution in [1.29, 1.82) is 0 Å². The van der Waals surface area contributed by atoms with E-state index in [0.717, 1.165) is 25.1 Å². The molecule has 1 amide bonds. The second-order valence-electron chi connectivity index (χ2n) is 6.34. The molecule has 1 heterocycles. The molecule has 0 saturated heterocycles. The van der Waals surface area contributed by atoms with Gasteiger partial charge in [0.25, 0.3) is 5.91 Å². The molecule has 5 heteroatoms. The minimum atomic E-state index is -0.0938. The third-order valence-corrected chi connectivity index (χ3v) is 5.28. The summed E-state index contributed by atoms with van der Waals surface area (Å²) in [5.74, 6) is 0.0583. The average molecular weight is 364 g/mol. The monoisotopic (exact) mass is 363 g/mol. The van der Waals surface area contributed by atoms with Crippen LogP contribution < -0.4 is 10.2 Å². The van der Waals surface area contributed by atoms with Gasteiger partial charge in [-0.1, -0.05) is 53.5 Å². The first kappa shape index (κ1) is 17.3. The zero-order chi connectivity index (χ0) is 17.1. The van der Waals surface area contributed by atoms with Crippen molar-refractivity contribution in [2.24, 2.45) is 0 Å². The van der Waals surface area contributed by atoms with Gasteiger partial charge in [-0.3, -0.25) is 4.79 Å². The number of halogens is 2. The van der Waals surface area contributed by atoms with Gasteiger partial charge in [0, 0.05) is 12.0 Å². The quantitative estimate of drug-likeness (QED) is 0.860. The number of carbonyl (C=O) groups is 1. The number of nitrogens with one attached hydrogen (secondary N) is 2. The third kappa shape index (κ3) is 4.10. The van der Waals surface area contributed by atoms with Crippen molar-refractivity contribution in [3.05, 3.63) is 69.2 Å². The average Bonchev–Trinajstić information content (AvgIpc) is 2.57. The van der Waals surface area contributed by atoms with Crippen LogP contribution in [0.15, 0.2) is 42.5 Å². The normalized spacial score (nSPS) is 17.9. The summed E-state index contributed by atoms with van der Waals surface area (Å²) in [6.07, 6.45) is 1.03. The van der Waals surface area contributed by atoms with E-state index in [1.54, 1.807) is 12.1 Å². The SMILES string of the molecule is C[C@H](NC(=O)C[NH+]1CCc2ccccc2C1)c1ccc(Cl)c(Cl)c1. The first-order valence-electron chi connectivity index (χ1n) is 8.17. The van der Waals surface area contributed by atoms with Crippen molar-refractivity contribution in [2.45, 2.75) is 25.9 Å². The molecule has 0 aliphatic carbocycles. The van der Waals surface area contributed by atoms with Crippen LogP contribution in [0.25, 0.3) is 0 Å². The predicted octanol–water partition coefficient (Wildman–Crippen LogP) is 2.81. The van der Waals surface area contributed by atoms with E-state index in [0.29, 0.717) is 16.6 Å². The van der Waals surface area contributed by atoms with Crippen LogP contribution in [0.1, 0.15) is 29.7 Å². The van der Waals surface area contributed by atoms with Crippen molar-refractivity contribution in [1.82, 2.24) is 5.32 Å². The van der Waals surface area contributed by atoms with Crippen molar-refractivity contribution in [3.63, 3.8) is 0 Å². The first-order chi connectivity index (χ1) is 11.5. The molecule has 2 aromatic carbocycles. The van der Waals surface area contributed by atoms with Gasteiger partial charge in [-0.2, -0.15) is 0 Å².